The van der Waals surface area contributed by atoms with Crippen LogP contribution in [0.5, 0.6) is 11.5 Å². The molecule has 0 aliphatic heterocycles. The van der Waals surface area contributed by atoms with Crippen molar-refractivity contribution in [3.05, 3.63) is 50.7 Å². The highest BCUT2D eigenvalue weighted by molar-refractivity contribution is 9.10. The lowest BCUT2D eigenvalue weighted by Gasteiger charge is -2.13. The second-order valence-electron chi connectivity index (χ2n) is 4.50. The monoisotopic (exact) mass is 388 g/mol. The molecule has 0 fully saturated rings. The maximum atomic E-state index is 6.13. The minimum atomic E-state index is 0.203. The van der Waals surface area contributed by atoms with E-state index in [9.17, 15) is 0 Å². The van der Waals surface area contributed by atoms with Crippen molar-refractivity contribution < 1.29 is 4.74 Å². The molecule has 112 valence electrons. The summed E-state index contributed by atoms with van der Waals surface area (Å²) < 4.78 is 6.45. The number of hydrogen-bond acceptors (Lipinski definition) is 3. The van der Waals surface area contributed by atoms with E-state index >= 15 is 0 Å². The summed E-state index contributed by atoms with van der Waals surface area (Å²) >= 11 is 15.5. The first-order chi connectivity index (χ1) is 10.0. The van der Waals surface area contributed by atoms with E-state index in [2.05, 4.69) is 40.1 Å². The summed E-state index contributed by atoms with van der Waals surface area (Å²) in [5.74, 6) is 1.11. The van der Waals surface area contributed by atoms with Gasteiger partial charge in [-0.2, -0.15) is 0 Å². The molecule has 1 unspecified atom stereocenters. The van der Waals surface area contributed by atoms with Gasteiger partial charge in [0.25, 0.3) is 0 Å². The Balaban J connectivity index is 2.15. The Hall–Kier alpha value is -0.810. The van der Waals surface area contributed by atoms with Gasteiger partial charge in [-0.1, -0.05) is 30.1 Å². The summed E-state index contributed by atoms with van der Waals surface area (Å²) in [4.78, 5) is 4.39. The Morgan fingerprint density at radius 1 is 1.29 bits per heavy atom. The molecule has 2 aromatic rings. The van der Waals surface area contributed by atoms with Crippen LogP contribution in [0.4, 0.5) is 0 Å². The van der Waals surface area contributed by atoms with Crippen molar-refractivity contribution >= 4 is 39.1 Å². The maximum Gasteiger partial charge on any atom is 0.147 e. The van der Waals surface area contributed by atoms with Gasteiger partial charge in [-0.3, -0.25) is 4.98 Å². The van der Waals surface area contributed by atoms with Gasteiger partial charge in [0.2, 0.25) is 0 Å². The highest BCUT2D eigenvalue weighted by Crippen LogP contribution is 2.36. The van der Waals surface area contributed by atoms with Gasteiger partial charge in [0.15, 0.2) is 0 Å². The third-order valence-electron chi connectivity index (χ3n) is 2.92. The highest BCUT2D eigenvalue weighted by Gasteiger charge is 2.09. The van der Waals surface area contributed by atoms with Crippen LogP contribution in [0.25, 0.3) is 0 Å². The summed E-state index contributed by atoms with van der Waals surface area (Å²) in [6.45, 7) is 5.03. The zero-order valence-electron chi connectivity index (χ0n) is 11.7. The second kappa shape index (κ2) is 7.45. The average Bonchev–Trinajstić information content (AvgIpc) is 2.46. The molecule has 6 heteroatoms. The second-order valence-corrected chi connectivity index (χ2v) is 6.17. The third kappa shape index (κ3) is 4.33. The van der Waals surface area contributed by atoms with Gasteiger partial charge in [0.1, 0.15) is 11.5 Å². The highest BCUT2D eigenvalue weighted by atomic mass is 79.9. The summed E-state index contributed by atoms with van der Waals surface area (Å²) in [6.07, 6.45) is 1.68. The van der Waals surface area contributed by atoms with Crippen LogP contribution >= 0.6 is 39.1 Å². The molecule has 2 rings (SSSR count). The van der Waals surface area contributed by atoms with E-state index in [4.69, 9.17) is 27.9 Å². The quantitative estimate of drug-likeness (QED) is 0.674. The molecular weight excluding hydrogens is 375 g/mol. The van der Waals surface area contributed by atoms with Crippen molar-refractivity contribution in [2.24, 2.45) is 0 Å². The van der Waals surface area contributed by atoms with E-state index in [1.165, 1.54) is 0 Å². The number of nitrogens with one attached hydrogen (secondary N) is 1. The van der Waals surface area contributed by atoms with E-state index < -0.39 is 0 Å². The summed E-state index contributed by atoms with van der Waals surface area (Å²) in [6, 6.07) is 7.37. The lowest BCUT2D eigenvalue weighted by Crippen LogP contribution is -2.18. The standard InChI is InChI=1S/C15H15BrCl2N2O/c1-3-19-9(2)14-5-4-10(8-20-14)21-15-7-12(17)11(16)6-13(15)18/h4-9,19H,3H2,1-2H3. The van der Waals surface area contributed by atoms with Crippen LogP contribution in [0, 0.1) is 0 Å². The number of nitrogens with zero attached hydrogens (tertiary/aromatic N) is 1. The topological polar surface area (TPSA) is 34.1 Å². The average molecular weight is 390 g/mol. The fraction of sp³-hybridized carbons (Fsp3) is 0.267. The van der Waals surface area contributed by atoms with Crippen LogP contribution in [-0.4, -0.2) is 11.5 Å². The normalized spacial score (nSPS) is 12.2. The Morgan fingerprint density at radius 3 is 2.67 bits per heavy atom. The van der Waals surface area contributed by atoms with Gasteiger partial charge in [0.05, 0.1) is 21.9 Å². The van der Waals surface area contributed by atoms with Crippen LogP contribution in [-0.2, 0) is 0 Å². The molecule has 21 heavy (non-hydrogen) atoms. The summed E-state index contributed by atoms with van der Waals surface area (Å²) in [5, 5.41) is 4.33. The molecule has 0 amide bonds. The van der Waals surface area contributed by atoms with Gasteiger partial charge in [0, 0.05) is 16.6 Å². The Morgan fingerprint density at radius 2 is 2.05 bits per heavy atom. The number of aromatic nitrogens is 1. The predicted octanol–water partition coefficient (Wildman–Crippen LogP) is 5.61. The molecule has 0 aliphatic carbocycles. The number of rotatable bonds is 5. The van der Waals surface area contributed by atoms with Crippen molar-refractivity contribution in [1.29, 1.82) is 0 Å². The van der Waals surface area contributed by atoms with Crippen molar-refractivity contribution in [3.63, 3.8) is 0 Å². The summed E-state index contributed by atoms with van der Waals surface area (Å²) in [7, 11) is 0. The van der Waals surface area contributed by atoms with Crippen LogP contribution in [0.1, 0.15) is 25.6 Å². The van der Waals surface area contributed by atoms with Gasteiger partial charge in [-0.15, -0.1) is 0 Å². The van der Waals surface area contributed by atoms with E-state index in [0.717, 1.165) is 16.7 Å². The van der Waals surface area contributed by atoms with E-state index in [0.29, 0.717) is 21.5 Å². The van der Waals surface area contributed by atoms with E-state index in [1.54, 1.807) is 18.3 Å². The molecule has 1 aromatic heterocycles. The van der Waals surface area contributed by atoms with E-state index in [1.807, 2.05) is 12.1 Å². The molecule has 0 saturated carbocycles. The Labute approximate surface area is 142 Å². The first kappa shape index (κ1) is 16.6. The zero-order chi connectivity index (χ0) is 15.4. The Kier molecular flexibility index (Phi) is 5.88. The van der Waals surface area contributed by atoms with Crippen molar-refractivity contribution in [2.45, 2.75) is 19.9 Å². The minimum Gasteiger partial charge on any atom is -0.454 e. The largest absolute Gasteiger partial charge is 0.454 e. The number of ether oxygens (including phenoxy) is 1. The number of halogens is 3. The first-order valence-electron chi connectivity index (χ1n) is 6.53. The fourth-order valence-corrected chi connectivity index (χ4v) is 2.66. The molecule has 1 aromatic carbocycles. The molecule has 0 radical (unpaired) electrons. The first-order valence-corrected chi connectivity index (χ1v) is 8.08. The van der Waals surface area contributed by atoms with Crippen LogP contribution in [0.15, 0.2) is 34.9 Å². The van der Waals surface area contributed by atoms with Crippen LogP contribution in [0.2, 0.25) is 10.0 Å². The SMILES string of the molecule is CCNC(C)c1ccc(Oc2cc(Cl)c(Br)cc2Cl)cn1. The number of benzene rings is 1. The molecule has 0 spiro atoms. The molecule has 0 bridgehead atoms. The molecule has 0 saturated heterocycles. The molecule has 1 heterocycles. The van der Waals surface area contributed by atoms with Gasteiger partial charge in [-0.05, 0) is 47.6 Å². The van der Waals surface area contributed by atoms with Crippen molar-refractivity contribution in [3.8, 4) is 11.5 Å². The smallest absolute Gasteiger partial charge is 0.147 e. The summed E-state index contributed by atoms with van der Waals surface area (Å²) in [5.41, 5.74) is 0.962. The minimum absolute atomic E-state index is 0.203. The third-order valence-corrected chi connectivity index (χ3v) is 4.41. The lowest BCUT2D eigenvalue weighted by molar-refractivity contribution is 0.478. The predicted molar refractivity (Wildman–Crippen MR) is 90.6 cm³/mol. The fourth-order valence-electron chi connectivity index (χ4n) is 1.83. The van der Waals surface area contributed by atoms with Crippen molar-refractivity contribution in [2.75, 3.05) is 6.54 Å². The molecular formula is C15H15BrCl2N2O. The van der Waals surface area contributed by atoms with Gasteiger partial charge < -0.3 is 10.1 Å². The zero-order valence-corrected chi connectivity index (χ0v) is 14.8. The van der Waals surface area contributed by atoms with Gasteiger partial charge in [-0.25, -0.2) is 0 Å². The molecule has 0 aliphatic rings. The van der Waals surface area contributed by atoms with Crippen LogP contribution < -0.4 is 10.1 Å². The van der Waals surface area contributed by atoms with Crippen molar-refractivity contribution in [1.82, 2.24) is 10.3 Å². The molecule has 3 nitrogen and oxygen atoms in total. The number of hydrogen-bond donors (Lipinski definition) is 1. The number of pyridine rings is 1. The Bertz CT molecular complexity index is 620. The van der Waals surface area contributed by atoms with Crippen LogP contribution in [0.3, 0.4) is 0 Å². The molecule has 1 atom stereocenters. The molecule has 1 N–H and O–H groups in total. The maximum absolute atomic E-state index is 6.13. The van der Waals surface area contributed by atoms with E-state index in [-0.39, 0.29) is 6.04 Å². The lowest BCUT2D eigenvalue weighted by atomic mass is 10.2. The van der Waals surface area contributed by atoms with Gasteiger partial charge >= 0.3 is 0 Å².